The Labute approximate surface area is 261 Å². The molecule has 1 saturated heterocycles. The van der Waals surface area contributed by atoms with Crippen molar-refractivity contribution in [2.75, 3.05) is 36.6 Å². The fraction of sp³-hybridized carbons (Fsp3) is 0.323. The number of carboxylic acid groups (broad SMARTS) is 1. The van der Waals surface area contributed by atoms with E-state index in [1.165, 1.54) is 11.0 Å². The van der Waals surface area contributed by atoms with Crippen molar-refractivity contribution in [3.63, 3.8) is 0 Å². The zero-order valence-electron chi connectivity index (χ0n) is 24.5. The number of benzene rings is 1. The van der Waals surface area contributed by atoms with Gasteiger partial charge in [-0.05, 0) is 35.9 Å². The number of carbonyl (C=O) groups is 2. The fourth-order valence-electron chi connectivity index (χ4n) is 5.49. The van der Waals surface area contributed by atoms with Crippen LogP contribution < -0.4 is 20.1 Å². The predicted molar refractivity (Wildman–Crippen MR) is 162 cm³/mol. The molecule has 1 fully saturated rings. The molecule has 240 valence electrons. The van der Waals surface area contributed by atoms with Crippen LogP contribution in [-0.2, 0) is 20.7 Å². The highest BCUT2D eigenvalue weighted by molar-refractivity contribution is 6.12. The summed E-state index contributed by atoms with van der Waals surface area (Å²) < 4.78 is 16.8. The lowest BCUT2D eigenvalue weighted by atomic mass is 9.99. The molecule has 15 heteroatoms. The number of pyridine rings is 3. The molecule has 4 aromatic rings. The van der Waals surface area contributed by atoms with Gasteiger partial charge in [0, 0.05) is 43.9 Å². The minimum Gasteiger partial charge on any atom is -0.492 e. The Hall–Kier alpha value is -4.93. The zero-order chi connectivity index (χ0) is 32.5. The third-order valence-corrected chi connectivity index (χ3v) is 7.87. The average molecular weight is 634 g/mol. The van der Waals surface area contributed by atoms with Crippen molar-refractivity contribution < 1.29 is 44.2 Å². The summed E-state index contributed by atoms with van der Waals surface area (Å²) in [6.45, 7) is 0.0662. The lowest BCUT2D eigenvalue weighted by Gasteiger charge is -2.38. The van der Waals surface area contributed by atoms with Gasteiger partial charge in [-0.25, -0.2) is 14.8 Å². The molecule has 0 radical (unpaired) electrons. The minimum atomic E-state index is -1.85. The summed E-state index contributed by atoms with van der Waals surface area (Å²) in [6.07, 6.45) is -5.18. The molecule has 0 unspecified atom stereocenters. The van der Waals surface area contributed by atoms with Crippen LogP contribution in [0.25, 0.3) is 10.9 Å². The van der Waals surface area contributed by atoms with Gasteiger partial charge in [-0.3, -0.25) is 9.59 Å². The molecule has 5 heterocycles. The molecule has 0 spiro atoms. The molecule has 0 bridgehead atoms. The second-order valence-corrected chi connectivity index (χ2v) is 10.8. The number of carboxylic acids is 1. The Morgan fingerprint density at radius 2 is 1.80 bits per heavy atom. The van der Waals surface area contributed by atoms with E-state index in [2.05, 4.69) is 15.0 Å². The molecule has 1 aromatic carbocycles. The van der Waals surface area contributed by atoms with E-state index >= 15 is 0 Å². The zero-order valence-corrected chi connectivity index (χ0v) is 24.5. The molecule has 1 amide bonds. The third-order valence-electron chi connectivity index (χ3n) is 7.87. The van der Waals surface area contributed by atoms with E-state index in [0.29, 0.717) is 34.8 Å². The van der Waals surface area contributed by atoms with Gasteiger partial charge in [-0.15, -0.1) is 0 Å². The Balaban J connectivity index is 1.22. The first kappa shape index (κ1) is 31.1. The second-order valence-electron chi connectivity index (χ2n) is 10.8. The number of amides is 1. The van der Waals surface area contributed by atoms with E-state index in [9.17, 15) is 34.8 Å². The molecule has 2 aliphatic heterocycles. The fourth-order valence-corrected chi connectivity index (χ4v) is 5.49. The molecule has 2 aliphatic rings. The van der Waals surface area contributed by atoms with E-state index in [4.69, 9.17) is 14.2 Å². The highest BCUT2D eigenvalue weighted by Gasteiger charge is 2.47. The number of hydrogen-bond donors (Lipinski definition) is 5. The van der Waals surface area contributed by atoms with Crippen LogP contribution in [0.3, 0.4) is 0 Å². The molecule has 5 N–H and O–H groups in total. The number of ether oxygens (including phenoxy) is 3. The number of aromatic amines is 1. The van der Waals surface area contributed by atoms with Crippen LogP contribution in [0.4, 0.5) is 17.3 Å². The maximum absolute atomic E-state index is 13.7. The molecule has 0 aliphatic carbocycles. The van der Waals surface area contributed by atoms with Crippen LogP contribution in [0.5, 0.6) is 5.75 Å². The SMILES string of the molecule is CN1C(=O)c2cc(CCOc3cc(=O)[nH]c4ccccc34)cnc2N(CCO[C@@H]2O[C@H](C(=O)O)[C@@H](O)[C@H](O)[C@H]2O)c2ncccc21. The topological polar surface area (TPSA) is 208 Å². The number of fused-ring (bicyclic) bond motifs is 3. The highest BCUT2D eigenvalue weighted by atomic mass is 16.7. The van der Waals surface area contributed by atoms with Crippen LogP contribution in [0.2, 0.25) is 0 Å². The van der Waals surface area contributed by atoms with Gasteiger partial charge in [0.25, 0.3) is 11.5 Å². The number of anilines is 3. The molecule has 15 nitrogen and oxygen atoms in total. The first-order valence-corrected chi connectivity index (χ1v) is 14.4. The van der Waals surface area contributed by atoms with Crippen LogP contribution in [-0.4, -0.2) is 105 Å². The maximum Gasteiger partial charge on any atom is 0.335 e. The van der Waals surface area contributed by atoms with E-state index in [-0.39, 0.29) is 42.6 Å². The van der Waals surface area contributed by atoms with Gasteiger partial charge in [0.05, 0.1) is 30.0 Å². The summed E-state index contributed by atoms with van der Waals surface area (Å²) in [5.74, 6) is -0.740. The van der Waals surface area contributed by atoms with Crippen LogP contribution >= 0.6 is 0 Å². The summed E-state index contributed by atoms with van der Waals surface area (Å²) in [5, 5.41) is 40.5. The number of aromatic nitrogens is 3. The van der Waals surface area contributed by atoms with E-state index in [1.54, 1.807) is 48.6 Å². The number of rotatable bonds is 9. The molecule has 3 aromatic heterocycles. The van der Waals surface area contributed by atoms with Crippen molar-refractivity contribution in [2.24, 2.45) is 0 Å². The number of aliphatic hydroxyl groups excluding tert-OH is 3. The normalized spacial score (nSPS) is 22.7. The van der Waals surface area contributed by atoms with Crippen molar-refractivity contribution in [1.29, 1.82) is 0 Å². The lowest BCUT2D eigenvalue weighted by molar-refractivity contribution is -0.293. The first-order valence-electron chi connectivity index (χ1n) is 14.4. The number of carbonyl (C=O) groups excluding carboxylic acids is 1. The van der Waals surface area contributed by atoms with Crippen LogP contribution in [0.1, 0.15) is 15.9 Å². The summed E-state index contributed by atoms with van der Waals surface area (Å²) >= 11 is 0. The number of aliphatic hydroxyl groups is 3. The summed E-state index contributed by atoms with van der Waals surface area (Å²) in [6, 6.07) is 13.8. The Kier molecular flexibility index (Phi) is 8.66. The van der Waals surface area contributed by atoms with Gasteiger partial charge >= 0.3 is 5.97 Å². The van der Waals surface area contributed by atoms with Crippen molar-refractivity contribution in [3.8, 4) is 5.75 Å². The largest absolute Gasteiger partial charge is 0.492 e. The van der Waals surface area contributed by atoms with Gasteiger partial charge in [0.2, 0.25) is 0 Å². The van der Waals surface area contributed by atoms with Gasteiger partial charge in [0.15, 0.2) is 18.2 Å². The second kappa shape index (κ2) is 12.8. The quantitative estimate of drug-likeness (QED) is 0.171. The number of aliphatic carboxylic acids is 1. The van der Waals surface area contributed by atoms with Crippen molar-refractivity contribution in [2.45, 2.75) is 37.1 Å². The van der Waals surface area contributed by atoms with Gasteiger partial charge in [0.1, 0.15) is 29.9 Å². The molecule has 0 saturated carbocycles. The van der Waals surface area contributed by atoms with Crippen molar-refractivity contribution >= 4 is 40.1 Å². The van der Waals surface area contributed by atoms with E-state index < -0.39 is 36.7 Å². The summed E-state index contributed by atoms with van der Waals surface area (Å²) in [5.41, 5.74) is 1.85. The molecule has 6 rings (SSSR count). The van der Waals surface area contributed by atoms with Gasteiger partial charge in [-0.2, -0.15) is 0 Å². The molecular formula is C31H31N5O10. The molecule has 46 heavy (non-hydrogen) atoms. The average Bonchev–Trinajstić information content (AvgIpc) is 3.13. The standard InChI is InChI=1S/C31H31N5O10/c1-35-20-7-4-9-32-28(20)36(10-12-45-31-25(40)23(38)24(39)26(46-31)30(42)43)27-18(29(35)41)13-16(15-33-27)8-11-44-21-14-22(37)34-19-6-3-2-5-17(19)21/h2-7,9,13-15,23-26,31,38-40H,8,10-12H2,1H3,(H,34,37)(H,42,43)/t23-,24-,25+,26-,31+/m0/s1. The summed E-state index contributed by atoms with van der Waals surface area (Å²) in [4.78, 5) is 52.2. The van der Waals surface area contributed by atoms with Crippen molar-refractivity contribution in [3.05, 3.63) is 82.4 Å². The number of para-hydroxylation sites is 1. The van der Waals surface area contributed by atoms with Crippen LogP contribution in [0, 0.1) is 0 Å². The lowest BCUT2D eigenvalue weighted by Crippen LogP contribution is -2.60. The Morgan fingerprint density at radius 3 is 2.61 bits per heavy atom. The van der Waals surface area contributed by atoms with Gasteiger partial charge < -0.3 is 49.4 Å². The number of H-pyrrole nitrogens is 1. The number of nitrogens with one attached hydrogen (secondary N) is 1. The maximum atomic E-state index is 13.7. The predicted octanol–water partition coefficient (Wildman–Crippen LogP) is 0.577. The summed E-state index contributed by atoms with van der Waals surface area (Å²) in [7, 11) is 1.62. The number of hydrogen-bond acceptors (Lipinski definition) is 12. The van der Waals surface area contributed by atoms with E-state index in [0.717, 1.165) is 5.39 Å². The highest BCUT2D eigenvalue weighted by Crippen LogP contribution is 2.37. The Morgan fingerprint density at radius 1 is 1.00 bits per heavy atom. The molecular weight excluding hydrogens is 602 g/mol. The van der Waals surface area contributed by atoms with Gasteiger partial charge in [-0.1, -0.05) is 12.1 Å². The third kappa shape index (κ3) is 5.89. The van der Waals surface area contributed by atoms with Crippen LogP contribution in [0.15, 0.2) is 65.7 Å². The smallest absolute Gasteiger partial charge is 0.335 e. The minimum absolute atomic E-state index is 0.0339. The first-order chi connectivity index (χ1) is 22.1. The van der Waals surface area contributed by atoms with Crippen molar-refractivity contribution in [1.82, 2.24) is 15.0 Å². The monoisotopic (exact) mass is 633 g/mol. The molecule has 5 atom stereocenters. The van der Waals surface area contributed by atoms with E-state index in [1.807, 2.05) is 18.2 Å². The number of nitrogens with zero attached hydrogens (tertiary/aromatic N) is 4. The Bertz CT molecular complexity index is 1830.